The number of methoxy groups -OCH3 is 1. The molecule has 0 amide bonds. The van der Waals surface area contributed by atoms with Crippen LogP contribution < -0.4 is 4.74 Å². The van der Waals surface area contributed by atoms with Gasteiger partial charge < -0.3 is 4.74 Å². The van der Waals surface area contributed by atoms with Crippen molar-refractivity contribution in [2.45, 2.75) is 12.6 Å². The van der Waals surface area contributed by atoms with Crippen molar-refractivity contribution in [2.24, 2.45) is 0 Å². The van der Waals surface area contributed by atoms with E-state index in [1.54, 1.807) is 11.4 Å². The summed E-state index contributed by atoms with van der Waals surface area (Å²) in [5.41, 5.74) is -0.180. The van der Waals surface area contributed by atoms with Crippen molar-refractivity contribution in [3.8, 4) is 5.75 Å². The number of rotatable bonds is 4. The van der Waals surface area contributed by atoms with Crippen LogP contribution in [0.1, 0.15) is 20.8 Å². The zero-order chi connectivity index (χ0) is 14.8. The molecule has 6 heteroatoms. The molecule has 0 saturated heterocycles. The van der Waals surface area contributed by atoms with Gasteiger partial charge in [-0.2, -0.15) is 13.2 Å². The van der Waals surface area contributed by atoms with Crippen LogP contribution in [0.15, 0.2) is 35.7 Å². The molecular weight excluding hydrogens is 289 g/mol. The molecule has 0 spiro atoms. The maximum absolute atomic E-state index is 12.4. The molecule has 0 radical (unpaired) electrons. The molecule has 2 rings (SSSR count). The molecule has 0 aliphatic rings. The van der Waals surface area contributed by atoms with Crippen molar-refractivity contribution < 1.29 is 22.7 Å². The highest BCUT2D eigenvalue weighted by Gasteiger charge is 2.30. The zero-order valence-electron chi connectivity index (χ0n) is 10.5. The van der Waals surface area contributed by atoms with Crippen LogP contribution >= 0.6 is 11.3 Å². The molecule has 0 bridgehead atoms. The molecule has 1 aromatic heterocycles. The normalized spacial score (nSPS) is 11.4. The Labute approximate surface area is 117 Å². The summed E-state index contributed by atoms with van der Waals surface area (Å²) in [6.45, 7) is 0. The average molecular weight is 300 g/mol. The number of ether oxygens (including phenoxy) is 1. The van der Waals surface area contributed by atoms with Crippen LogP contribution in [0.5, 0.6) is 5.75 Å². The van der Waals surface area contributed by atoms with E-state index in [1.807, 2.05) is 0 Å². The summed E-state index contributed by atoms with van der Waals surface area (Å²) >= 11 is 1.25. The number of hydrogen-bond donors (Lipinski definition) is 0. The summed E-state index contributed by atoms with van der Waals surface area (Å²) in [6, 6.07) is 6.29. The summed E-state index contributed by atoms with van der Waals surface area (Å²) in [4.78, 5) is 12.5. The minimum atomic E-state index is -4.36. The number of hydrogen-bond acceptors (Lipinski definition) is 3. The first-order valence-corrected chi connectivity index (χ1v) is 6.60. The van der Waals surface area contributed by atoms with Gasteiger partial charge in [0.2, 0.25) is 0 Å². The second-order valence-corrected chi connectivity index (χ2v) is 5.03. The summed E-state index contributed by atoms with van der Waals surface area (Å²) < 4.78 is 42.3. The smallest absolute Gasteiger partial charge is 0.416 e. The fourth-order valence-corrected chi connectivity index (χ4v) is 2.54. The Kier molecular flexibility index (Phi) is 4.13. The number of benzene rings is 1. The molecule has 0 N–H and O–H groups in total. The Balaban J connectivity index is 2.13. The minimum absolute atomic E-state index is 0.0506. The van der Waals surface area contributed by atoms with Crippen LogP contribution in [0.2, 0.25) is 0 Å². The molecule has 1 aromatic carbocycles. The van der Waals surface area contributed by atoms with E-state index in [1.165, 1.54) is 30.6 Å². The predicted octanol–water partition coefficient (Wildman–Crippen LogP) is 4.20. The minimum Gasteiger partial charge on any atom is -0.495 e. The summed E-state index contributed by atoms with van der Waals surface area (Å²) in [7, 11) is 1.47. The molecule has 2 aromatic rings. The van der Waals surface area contributed by atoms with Crippen molar-refractivity contribution in [3.05, 3.63) is 51.7 Å². The SMILES string of the molecule is COc1ccsc1C(=O)Cc1ccc(C(F)(F)F)cc1. The van der Waals surface area contributed by atoms with Crippen LogP contribution in [0, 0.1) is 0 Å². The van der Waals surface area contributed by atoms with Crippen LogP contribution in [0.25, 0.3) is 0 Å². The highest BCUT2D eigenvalue weighted by Crippen LogP contribution is 2.30. The largest absolute Gasteiger partial charge is 0.495 e. The van der Waals surface area contributed by atoms with Gasteiger partial charge in [-0.1, -0.05) is 12.1 Å². The van der Waals surface area contributed by atoms with E-state index in [9.17, 15) is 18.0 Å². The predicted molar refractivity (Wildman–Crippen MR) is 70.3 cm³/mol. The summed E-state index contributed by atoms with van der Waals surface area (Å²) in [5, 5.41) is 1.73. The fourth-order valence-electron chi connectivity index (χ4n) is 1.74. The molecule has 0 unspecified atom stereocenters. The second kappa shape index (κ2) is 5.66. The van der Waals surface area contributed by atoms with Gasteiger partial charge in [-0.15, -0.1) is 11.3 Å². The lowest BCUT2D eigenvalue weighted by molar-refractivity contribution is -0.137. The number of Topliss-reactive ketones (excluding diaryl/α,β-unsaturated/α-hetero) is 1. The Bertz CT molecular complexity index is 600. The van der Waals surface area contributed by atoms with Crippen LogP contribution in [-0.4, -0.2) is 12.9 Å². The third-order valence-corrected chi connectivity index (χ3v) is 3.68. The van der Waals surface area contributed by atoms with Gasteiger partial charge in [-0.3, -0.25) is 4.79 Å². The van der Waals surface area contributed by atoms with E-state index < -0.39 is 11.7 Å². The Morgan fingerprint density at radius 2 is 1.85 bits per heavy atom. The van der Waals surface area contributed by atoms with Crippen LogP contribution in [-0.2, 0) is 12.6 Å². The number of halogens is 3. The van der Waals surface area contributed by atoms with Gasteiger partial charge in [-0.25, -0.2) is 0 Å². The monoisotopic (exact) mass is 300 g/mol. The lowest BCUT2D eigenvalue weighted by Crippen LogP contribution is -2.06. The lowest BCUT2D eigenvalue weighted by Gasteiger charge is -2.07. The lowest BCUT2D eigenvalue weighted by atomic mass is 10.1. The van der Waals surface area contributed by atoms with Gasteiger partial charge in [0, 0.05) is 6.42 Å². The van der Waals surface area contributed by atoms with Crippen molar-refractivity contribution in [3.63, 3.8) is 0 Å². The molecule has 0 atom stereocenters. The molecule has 1 heterocycles. The van der Waals surface area contributed by atoms with Crippen molar-refractivity contribution in [1.29, 1.82) is 0 Å². The Morgan fingerprint density at radius 1 is 1.20 bits per heavy atom. The van der Waals surface area contributed by atoms with Crippen LogP contribution in [0.3, 0.4) is 0 Å². The third kappa shape index (κ3) is 3.19. The first kappa shape index (κ1) is 14.6. The highest BCUT2D eigenvalue weighted by atomic mass is 32.1. The van der Waals surface area contributed by atoms with Gasteiger partial charge in [0.05, 0.1) is 12.7 Å². The number of carbonyl (C=O) groups is 1. The van der Waals surface area contributed by atoms with E-state index >= 15 is 0 Å². The van der Waals surface area contributed by atoms with Crippen molar-refractivity contribution >= 4 is 17.1 Å². The first-order valence-electron chi connectivity index (χ1n) is 5.72. The second-order valence-electron chi connectivity index (χ2n) is 4.11. The van der Waals surface area contributed by atoms with Gasteiger partial charge in [0.25, 0.3) is 0 Å². The molecule has 20 heavy (non-hydrogen) atoms. The summed E-state index contributed by atoms with van der Waals surface area (Å²) in [6.07, 6.45) is -4.31. The zero-order valence-corrected chi connectivity index (χ0v) is 11.3. The maximum Gasteiger partial charge on any atom is 0.416 e. The molecule has 0 saturated carbocycles. The average Bonchev–Trinajstić information content (AvgIpc) is 2.86. The molecule has 106 valence electrons. The standard InChI is InChI=1S/C14H11F3O2S/c1-19-12-6-7-20-13(12)11(18)8-9-2-4-10(5-3-9)14(15,16)17/h2-7H,8H2,1H3. The van der Waals surface area contributed by atoms with E-state index in [2.05, 4.69) is 0 Å². The molecular formula is C14H11F3O2S. The van der Waals surface area contributed by atoms with E-state index in [4.69, 9.17) is 4.74 Å². The van der Waals surface area contributed by atoms with Crippen LogP contribution in [0.4, 0.5) is 13.2 Å². The molecule has 0 aliphatic heterocycles. The van der Waals surface area contributed by atoms with Gasteiger partial charge in [0.15, 0.2) is 5.78 Å². The van der Waals surface area contributed by atoms with E-state index in [0.29, 0.717) is 16.2 Å². The third-order valence-electron chi connectivity index (χ3n) is 2.75. The van der Waals surface area contributed by atoms with Gasteiger partial charge in [0.1, 0.15) is 10.6 Å². The Morgan fingerprint density at radius 3 is 2.40 bits per heavy atom. The topological polar surface area (TPSA) is 26.3 Å². The fraction of sp³-hybridized carbons (Fsp3) is 0.214. The van der Waals surface area contributed by atoms with E-state index in [-0.39, 0.29) is 12.2 Å². The number of carbonyl (C=O) groups excluding carboxylic acids is 1. The molecule has 0 aliphatic carbocycles. The quantitative estimate of drug-likeness (QED) is 0.791. The number of ketones is 1. The highest BCUT2D eigenvalue weighted by molar-refractivity contribution is 7.12. The van der Waals surface area contributed by atoms with Gasteiger partial charge in [-0.05, 0) is 29.1 Å². The van der Waals surface area contributed by atoms with E-state index in [0.717, 1.165) is 12.1 Å². The number of thiophene rings is 1. The van der Waals surface area contributed by atoms with Gasteiger partial charge >= 0.3 is 6.18 Å². The number of alkyl halides is 3. The Hall–Kier alpha value is -1.82. The molecule has 2 nitrogen and oxygen atoms in total. The maximum atomic E-state index is 12.4. The van der Waals surface area contributed by atoms with Crippen molar-refractivity contribution in [2.75, 3.05) is 7.11 Å². The molecule has 0 fully saturated rings. The first-order chi connectivity index (χ1) is 9.41. The summed E-state index contributed by atoms with van der Waals surface area (Å²) in [5.74, 6) is 0.323. The van der Waals surface area contributed by atoms with Crippen molar-refractivity contribution in [1.82, 2.24) is 0 Å².